The fourth-order valence-electron chi connectivity index (χ4n) is 1.53. The van der Waals surface area contributed by atoms with E-state index in [1.165, 1.54) is 6.20 Å². The number of carbonyl (C=O) groups is 1. The number of hydrogen-bond donors (Lipinski definition) is 2. The lowest BCUT2D eigenvalue weighted by atomic mass is 10.2. The molecular weight excluding hydrogens is 318 g/mol. The Morgan fingerprint density at radius 3 is 2.35 bits per heavy atom. The Morgan fingerprint density at radius 1 is 1.10 bits per heavy atom. The van der Waals surface area contributed by atoms with Crippen LogP contribution in [0.3, 0.4) is 0 Å². The first kappa shape index (κ1) is 14.3. The minimum absolute atomic E-state index is 0.254. The van der Waals surface area contributed by atoms with Crippen molar-refractivity contribution in [1.29, 1.82) is 0 Å². The fourth-order valence-corrected chi connectivity index (χ4v) is 1.79. The monoisotopic (exact) mass is 331 g/mol. The molecule has 1 aromatic carbocycles. The van der Waals surface area contributed by atoms with Crippen LogP contribution in [0, 0.1) is 6.92 Å². The van der Waals surface area contributed by atoms with Crippen LogP contribution in [0.5, 0.6) is 0 Å². The maximum Gasteiger partial charge on any atom is 0.271 e. The standard InChI is InChI=1S/C15H14BrN3O/c1-10-3-4-13(9-17-10)15(20)19-18-11(2)12-5-7-14(16)8-6-12/h3-9,18H,2H2,1H3,(H,19,20). The van der Waals surface area contributed by atoms with Gasteiger partial charge < -0.3 is 0 Å². The second-order valence-corrected chi connectivity index (χ2v) is 5.17. The maximum absolute atomic E-state index is 11.9. The van der Waals surface area contributed by atoms with Crippen LogP contribution in [0.2, 0.25) is 0 Å². The van der Waals surface area contributed by atoms with Gasteiger partial charge in [-0.2, -0.15) is 0 Å². The van der Waals surface area contributed by atoms with E-state index < -0.39 is 0 Å². The molecule has 0 aliphatic carbocycles. The topological polar surface area (TPSA) is 54.0 Å². The van der Waals surface area contributed by atoms with E-state index in [-0.39, 0.29) is 5.91 Å². The number of halogens is 1. The highest BCUT2D eigenvalue weighted by Gasteiger charge is 2.06. The van der Waals surface area contributed by atoms with Crippen molar-refractivity contribution in [2.45, 2.75) is 6.92 Å². The molecule has 0 atom stereocenters. The quantitative estimate of drug-likeness (QED) is 0.846. The lowest BCUT2D eigenvalue weighted by Crippen LogP contribution is -2.35. The first-order valence-electron chi connectivity index (χ1n) is 6.00. The Morgan fingerprint density at radius 2 is 1.75 bits per heavy atom. The molecule has 0 saturated heterocycles. The van der Waals surface area contributed by atoms with E-state index in [4.69, 9.17) is 0 Å². The average molecular weight is 332 g/mol. The summed E-state index contributed by atoms with van der Waals surface area (Å²) in [5, 5.41) is 0. The van der Waals surface area contributed by atoms with E-state index >= 15 is 0 Å². The van der Waals surface area contributed by atoms with Gasteiger partial charge in [-0.05, 0) is 36.8 Å². The molecule has 20 heavy (non-hydrogen) atoms. The Hall–Kier alpha value is -2.14. The number of aryl methyl sites for hydroxylation is 1. The van der Waals surface area contributed by atoms with Crippen LogP contribution >= 0.6 is 15.9 Å². The van der Waals surface area contributed by atoms with Crippen LogP contribution in [-0.4, -0.2) is 10.9 Å². The summed E-state index contributed by atoms with van der Waals surface area (Å²) >= 11 is 3.37. The van der Waals surface area contributed by atoms with Crippen molar-refractivity contribution in [2.24, 2.45) is 0 Å². The summed E-state index contributed by atoms with van der Waals surface area (Å²) in [6.07, 6.45) is 1.54. The van der Waals surface area contributed by atoms with E-state index in [2.05, 4.69) is 38.3 Å². The van der Waals surface area contributed by atoms with Gasteiger partial charge in [0, 0.05) is 16.4 Å². The number of hydrogen-bond acceptors (Lipinski definition) is 3. The Bertz CT molecular complexity index is 563. The van der Waals surface area contributed by atoms with Crippen LogP contribution in [0.15, 0.2) is 53.6 Å². The molecule has 0 saturated carbocycles. The largest absolute Gasteiger partial charge is 0.298 e. The van der Waals surface area contributed by atoms with Crippen molar-refractivity contribution in [3.8, 4) is 0 Å². The summed E-state index contributed by atoms with van der Waals surface area (Å²) < 4.78 is 0.990. The van der Waals surface area contributed by atoms with Crippen molar-refractivity contribution < 1.29 is 4.79 Å². The van der Waals surface area contributed by atoms with E-state index in [1.54, 1.807) is 12.1 Å². The normalized spacial score (nSPS) is 9.90. The molecule has 5 heteroatoms. The van der Waals surface area contributed by atoms with Crippen molar-refractivity contribution in [1.82, 2.24) is 15.8 Å². The highest BCUT2D eigenvalue weighted by Crippen LogP contribution is 2.14. The number of pyridine rings is 1. The summed E-state index contributed by atoms with van der Waals surface area (Å²) in [5.41, 5.74) is 8.26. The molecule has 0 aliphatic heterocycles. The zero-order chi connectivity index (χ0) is 14.5. The van der Waals surface area contributed by atoms with Gasteiger partial charge in [0.25, 0.3) is 5.91 Å². The smallest absolute Gasteiger partial charge is 0.271 e. The summed E-state index contributed by atoms with van der Waals surface area (Å²) in [4.78, 5) is 16.0. The lowest BCUT2D eigenvalue weighted by Gasteiger charge is -2.11. The van der Waals surface area contributed by atoms with Crippen LogP contribution in [0.1, 0.15) is 21.6 Å². The number of hydrazine groups is 1. The molecule has 0 aliphatic rings. The van der Waals surface area contributed by atoms with Gasteiger partial charge in [0.05, 0.1) is 11.3 Å². The van der Waals surface area contributed by atoms with Crippen molar-refractivity contribution in [2.75, 3.05) is 0 Å². The van der Waals surface area contributed by atoms with Gasteiger partial charge >= 0.3 is 0 Å². The second kappa shape index (κ2) is 6.34. The average Bonchev–Trinajstić information content (AvgIpc) is 2.46. The molecule has 0 radical (unpaired) electrons. The second-order valence-electron chi connectivity index (χ2n) is 4.25. The molecule has 2 rings (SSSR count). The van der Waals surface area contributed by atoms with E-state index in [1.807, 2.05) is 31.2 Å². The number of benzene rings is 1. The molecule has 0 unspecified atom stereocenters. The third kappa shape index (κ3) is 3.68. The zero-order valence-corrected chi connectivity index (χ0v) is 12.6. The van der Waals surface area contributed by atoms with E-state index in [0.29, 0.717) is 11.3 Å². The number of carbonyl (C=O) groups excluding carboxylic acids is 1. The predicted octanol–water partition coefficient (Wildman–Crippen LogP) is 3.06. The summed E-state index contributed by atoms with van der Waals surface area (Å²) in [6, 6.07) is 11.1. The van der Waals surface area contributed by atoms with E-state index in [0.717, 1.165) is 15.7 Å². The van der Waals surface area contributed by atoms with Gasteiger partial charge in [-0.1, -0.05) is 34.6 Å². The summed E-state index contributed by atoms with van der Waals surface area (Å²) in [5.74, 6) is -0.254. The molecular formula is C15H14BrN3O. The number of nitrogens with zero attached hydrogens (tertiary/aromatic N) is 1. The van der Waals surface area contributed by atoms with Gasteiger partial charge in [-0.3, -0.25) is 20.6 Å². The van der Waals surface area contributed by atoms with Crippen LogP contribution in [-0.2, 0) is 0 Å². The number of rotatable bonds is 4. The highest BCUT2D eigenvalue weighted by atomic mass is 79.9. The summed E-state index contributed by atoms with van der Waals surface area (Å²) in [7, 11) is 0. The van der Waals surface area contributed by atoms with Gasteiger partial charge in [-0.25, -0.2) is 0 Å². The molecule has 0 bridgehead atoms. The molecule has 1 amide bonds. The van der Waals surface area contributed by atoms with E-state index in [9.17, 15) is 4.79 Å². The number of aromatic nitrogens is 1. The Kier molecular flexibility index (Phi) is 4.53. The Balaban J connectivity index is 1.94. The minimum atomic E-state index is -0.254. The molecule has 102 valence electrons. The highest BCUT2D eigenvalue weighted by molar-refractivity contribution is 9.10. The molecule has 1 heterocycles. The van der Waals surface area contributed by atoms with Gasteiger partial charge in [-0.15, -0.1) is 0 Å². The third-order valence-corrected chi connectivity index (χ3v) is 3.22. The molecule has 4 nitrogen and oxygen atoms in total. The van der Waals surface area contributed by atoms with Gasteiger partial charge in [0.1, 0.15) is 0 Å². The zero-order valence-electron chi connectivity index (χ0n) is 11.0. The van der Waals surface area contributed by atoms with Crippen molar-refractivity contribution >= 4 is 27.5 Å². The SMILES string of the molecule is C=C(NNC(=O)c1ccc(C)nc1)c1ccc(Br)cc1. The third-order valence-electron chi connectivity index (χ3n) is 2.69. The van der Waals surface area contributed by atoms with Crippen LogP contribution < -0.4 is 10.9 Å². The lowest BCUT2D eigenvalue weighted by molar-refractivity contribution is 0.0942. The van der Waals surface area contributed by atoms with Crippen molar-refractivity contribution in [3.05, 3.63) is 70.5 Å². The van der Waals surface area contributed by atoms with Gasteiger partial charge in [0.15, 0.2) is 0 Å². The first-order chi connectivity index (χ1) is 9.56. The molecule has 2 N–H and O–H groups in total. The fraction of sp³-hybridized carbons (Fsp3) is 0.0667. The van der Waals surface area contributed by atoms with Crippen molar-refractivity contribution in [3.63, 3.8) is 0 Å². The predicted molar refractivity (Wildman–Crippen MR) is 82.8 cm³/mol. The molecule has 0 spiro atoms. The van der Waals surface area contributed by atoms with Crippen LogP contribution in [0.25, 0.3) is 5.70 Å². The van der Waals surface area contributed by atoms with Crippen LogP contribution in [0.4, 0.5) is 0 Å². The first-order valence-corrected chi connectivity index (χ1v) is 6.79. The minimum Gasteiger partial charge on any atom is -0.298 e. The number of amides is 1. The molecule has 0 fully saturated rings. The summed E-state index contributed by atoms with van der Waals surface area (Å²) in [6.45, 7) is 5.75. The van der Waals surface area contributed by atoms with Gasteiger partial charge in [0.2, 0.25) is 0 Å². The Labute approximate surface area is 126 Å². The number of nitrogens with one attached hydrogen (secondary N) is 2. The molecule has 1 aromatic heterocycles. The maximum atomic E-state index is 11.9. The molecule has 2 aromatic rings.